The first kappa shape index (κ1) is 20.3. The molecule has 1 aromatic heterocycles. The Hall–Kier alpha value is -3.97. The van der Waals surface area contributed by atoms with Crippen LogP contribution in [0.3, 0.4) is 0 Å². The second-order valence-corrected chi connectivity index (χ2v) is 7.14. The Kier molecular flexibility index (Phi) is 5.77. The zero-order valence-electron chi connectivity index (χ0n) is 16.5. The lowest BCUT2D eigenvalue weighted by Gasteiger charge is -2.08. The largest absolute Gasteiger partial charge is 0.292 e. The molecule has 2 N–H and O–H groups in total. The summed E-state index contributed by atoms with van der Waals surface area (Å²) in [5, 5.41) is 8.33. The highest BCUT2D eigenvalue weighted by atomic mass is 35.5. The average Bonchev–Trinajstić information content (AvgIpc) is 3.19. The maximum Gasteiger partial charge on any atom is 0.292 e. The first-order valence-electron chi connectivity index (χ1n) is 9.48. The quantitative estimate of drug-likeness (QED) is 0.478. The van der Waals surface area contributed by atoms with Gasteiger partial charge in [0.05, 0.1) is 22.0 Å². The lowest BCUT2D eigenvalue weighted by Crippen LogP contribution is -2.42. The monoisotopic (exact) mass is 431 g/mol. The highest BCUT2D eigenvalue weighted by molar-refractivity contribution is 6.33. The Labute approximate surface area is 183 Å². The minimum atomic E-state index is -0.579. The van der Waals surface area contributed by atoms with Gasteiger partial charge in [0, 0.05) is 0 Å². The molecule has 0 spiro atoms. The van der Waals surface area contributed by atoms with Crippen LogP contribution in [0.15, 0.2) is 78.9 Å². The summed E-state index contributed by atoms with van der Waals surface area (Å²) in [6.07, 6.45) is 0. The molecule has 154 valence electrons. The standard InChI is InChI=1S/C23H18ClN5O2/c1-15-21(23(31)27-26-22(30)19-9-5-6-10-20(19)24)25-28-29(15)18-13-11-17(12-14-18)16-7-3-2-4-8-16/h2-14H,1H3,(H,26,30)(H,27,31). The van der Waals surface area contributed by atoms with Gasteiger partial charge in [0.15, 0.2) is 5.69 Å². The number of hydrogen-bond acceptors (Lipinski definition) is 4. The van der Waals surface area contributed by atoms with Gasteiger partial charge in [-0.3, -0.25) is 20.4 Å². The van der Waals surface area contributed by atoms with Gasteiger partial charge in [-0.05, 0) is 42.3 Å². The van der Waals surface area contributed by atoms with E-state index in [0.29, 0.717) is 5.69 Å². The minimum absolute atomic E-state index is 0.103. The number of nitrogens with one attached hydrogen (secondary N) is 2. The fraction of sp³-hybridized carbons (Fsp3) is 0.0435. The number of hydrogen-bond donors (Lipinski definition) is 2. The van der Waals surface area contributed by atoms with E-state index in [0.717, 1.165) is 16.8 Å². The molecule has 0 aliphatic carbocycles. The van der Waals surface area contributed by atoms with Crippen molar-refractivity contribution in [2.45, 2.75) is 6.92 Å². The molecule has 0 fully saturated rings. The maximum absolute atomic E-state index is 12.5. The predicted octanol–water partition coefficient (Wildman–Crippen LogP) is 3.97. The molecular weight excluding hydrogens is 414 g/mol. The van der Waals surface area contributed by atoms with Crippen molar-refractivity contribution in [1.82, 2.24) is 25.8 Å². The van der Waals surface area contributed by atoms with E-state index in [1.54, 1.807) is 35.9 Å². The molecule has 0 aliphatic rings. The number of aromatic nitrogens is 3. The Bertz CT molecular complexity index is 1240. The number of carbonyl (C=O) groups is 2. The van der Waals surface area contributed by atoms with Crippen LogP contribution in [0.25, 0.3) is 16.8 Å². The molecule has 7 nitrogen and oxygen atoms in total. The van der Waals surface area contributed by atoms with Gasteiger partial charge in [-0.1, -0.05) is 71.4 Å². The van der Waals surface area contributed by atoms with Crippen molar-refractivity contribution in [3.8, 4) is 16.8 Å². The van der Waals surface area contributed by atoms with Crippen LogP contribution in [-0.2, 0) is 0 Å². The molecule has 0 bridgehead atoms. The summed E-state index contributed by atoms with van der Waals surface area (Å²) in [5.41, 5.74) is 8.53. The molecule has 1 heterocycles. The molecule has 8 heteroatoms. The summed E-state index contributed by atoms with van der Waals surface area (Å²) in [6, 6.07) is 24.3. The topological polar surface area (TPSA) is 88.9 Å². The van der Waals surface area contributed by atoms with Crippen molar-refractivity contribution in [2.24, 2.45) is 0 Å². The molecule has 0 saturated carbocycles. The SMILES string of the molecule is Cc1c(C(=O)NNC(=O)c2ccccc2Cl)nnn1-c1ccc(-c2ccccc2)cc1. The number of halogens is 1. The van der Waals surface area contributed by atoms with E-state index in [2.05, 4.69) is 21.2 Å². The van der Waals surface area contributed by atoms with Gasteiger partial charge in [0.2, 0.25) is 0 Å². The normalized spacial score (nSPS) is 10.5. The Morgan fingerprint density at radius 2 is 1.42 bits per heavy atom. The summed E-state index contributed by atoms with van der Waals surface area (Å²) in [6.45, 7) is 1.73. The van der Waals surface area contributed by atoms with Crippen LogP contribution in [0.5, 0.6) is 0 Å². The van der Waals surface area contributed by atoms with E-state index >= 15 is 0 Å². The molecule has 0 atom stereocenters. The first-order chi connectivity index (χ1) is 15.0. The second kappa shape index (κ2) is 8.81. The zero-order chi connectivity index (χ0) is 21.8. The van der Waals surface area contributed by atoms with Crippen molar-refractivity contribution in [2.75, 3.05) is 0 Å². The number of carbonyl (C=O) groups excluding carboxylic acids is 2. The van der Waals surface area contributed by atoms with Gasteiger partial charge in [0.1, 0.15) is 0 Å². The minimum Gasteiger partial charge on any atom is -0.267 e. The number of rotatable bonds is 4. The molecule has 0 radical (unpaired) electrons. The summed E-state index contributed by atoms with van der Waals surface area (Å²) in [4.78, 5) is 24.7. The molecule has 2 amide bonds. The molecule has 0 unspecified atom stereocenters. The summed E-state index contributed by atoms with van der Waals surface area (Å²) < 4.78 is 1.57. The lowest BCUT2D eigenvalue weighted by atomic mass is 10.1. The van der Waals surface area contributed by atoms with Crippen molar-refractivity contribution in [1.29, 1.82) is 0 Å². The smallest absolute Gasteiger partial charge is 0.267 e. The average molecular weight is 432 g/mol. The van der Waals surface area contributed by atoms with Gasteiger partial charge in [-0.25, -0.2) is 4.68 Å². The highest BCUT2D eigenvalue weighted by Gasteiger charge is 2.19. The van der Waals surface area contributed by atoms with E-state index in [-0.39, 0.29) is 16.3 Å². The van der Waals surface area contributed by atoms with Crippen LogP contribution in [0.2, 0.25) is 5.02 Å². The van der Waals surface area contributed by atoms with E-state index in [1.165, 1.54) is 0 Å². The van der Waals surface area contributed by atoms with Crippen LogP contribution in [0.4, 0.5) is 0 Å². The van der Waals surface area contributed by atoms with E-state index in [4.69, 9.17) is 11.6 Å². The van der Waals surface area contributed by atoms with E-state index < -0.39 is 11.8 Å². The number of nitrogens with zero attached hydrogens (tertiary/aromatic N) is 3. The molecule has 3 aromatic carbocycles. The molecule has 0 saturated heterocycles. The van der Waals surface area contributed by atoms with Gasteiger partial charge in [-0.2, -0.15) is 0 Å². The maximum atomic E-state index is 12.5. The summed E-state index contributed by atoms with van der Waals surface area (Å²) in [7, 11) is 0. The third kappa shape index (κ3) is 4.31. The molecule has 31 heavy (non-hydrogen) atoms. The first-order valence-corrected chi connectivity index (χ1v) is 9.86. The third-order valence-electron chi connectivity index (χ3n) is 4.74. The zero-order valence-corrected chi connectivity index (χ0v) is 17.3. The van der Waals surface area contributed by atoms with Crippen LogP contribution in [-0.4, -0.2) is 26.8 Å². The van der Waals surface area contributed by atoms with Crippen molar-refractivity contribution >= 4 is 23.4 Å². The number of hydrazine groups is 1. The van der Waals surface area contributed by atoms with Crippen LogP contribution in [0.1, 0.15) is 26.5 Å². The van der Waals surface area contributed by atoms with Crippen LogP contribution >= 0.6 is 11.6 Å². The molecule has 0 aliphatic heterocycles. The fourth-order valence-corrected chi connectivity index (χ4v) is 3.32. The summed E-state index contributed by atoms with van der Waals surface area (Å²) >= 11 is 6.00. The van der Waals surface area contributed by atoms with Crippen LogP contribution in [0, 0.1) is 6.92 Å². The van der Waals surface area contributed by atoms with E-state index in [1.807, 2.05) is 54.6 Å². The van der Waals surface area contributed by atoms with Gasteiger partial charge < -0.3 is 0 Å². The Morgan fingerprint density at radius 3 is 2.13 bits per heavy atom. The number of benzene rings is 3. The van der Waals surface area contributed by atoms with Crippen molar-refractivity contribution in [3.63, 3.8) is 0 Å². The van der Waals surface area contributed by atoms with Crippen LogP contribution < -0.4 is 10.9 Å². The third-order valence-corrected chi connectivity index (χ3v) is 5.07. The van der Waals surface area contributed by atoms with Gasteiger partial charge in [-0.15, -0.1) is 5.10 Å². The van der Waals surface area contributed by atoms with Crippen molar-refractivity contribution < 1.29 is 9.59 Å². The van der Waals surface area contributed by atoms with Gasteiger partial charge in [0.25, 0.3) is 11.8 Å². The number of amides is 2. The lowest BCUT2D eigenvalue weighted by molar-refractivity contribution is 0.0843. The highest BCUT2D eigenvalue weighted by Crippen LogP contribution is 2.21. The molecule has 4 rings (SSSR count). The van der Waals surface area contributed by atoms with Crippen molar-refractivity contribution in [3.05, 3.63) is 101 Å². The molecular formula is C23H18ClN5O2. The fourth-order valence-electron chi connectivity index (χ4n) is 3.10. The second-order valence-electron chi connectivity index (χ2n) is 6.74. The summed E-state index contributed by atoms with van der Waals surface area (Å²) in [5.74, 6) is -1.11. The van der Waals surface area contributed by atoms with E-state index in [9.17, 15) is 9.59 Å². The molecule has 4 aromatic rings. The Morgan fingerprint density at radius 1 is 0.806 bits per heavy atom. The van der Waals surface area contributed by atoms with Gasteiger partial charge >= 0.3 is 0 Å². The predicted molar refractivity (Wildman–Crippen MR) is 118 cm³/mol. The Balaban J connectivity index is 1.47.